The van der Waals surface area contributed by atoms with Crippen molar-refractivity contribution in [3.63, 3.8) is 0 Å². The molecule has 7 heteroatoms. The maximum absolute atomic E-state index is 13.9. The van der Waals surface area contributed by atoms with Crippen molar-refractivity contribution in [1.82, 2.24) is 10.3 Å². The summed E-state index contributed by atoms with van der Waals surface area (Å²) in [6.45, 7) is 0.319. The number of carbonyl (C=O) groups is 1. The van der Waals surface area contributed by atoms with Crippen LogP contribution in [-0.4, -0.2) is 35.3 Å². The predicted octanol–water partition coefficient (Wildman–Crippen LogP) is 2.63. The van der Waals surface area contributed by atoms with E-state index in [0.717, 1.165) is 5.56 Å². The molecule has 0 aliphatic carbocycles. The molecule has 0 saturated carbocycles. The van der Waals surface area contributed by atoms with Crippen molar-refractivity contribution in [2.45, 2.75) is 31.5 Å². The highest BCUT2D eigenvalue weighted by molar-refractivity contribution is 5.95. The average Bonchev–Trinajstić information content (AvgIpc) is 2.79. The van der Waals surface area contributed by atoms with Crippen LogP contribution in [0.15, 0.2) is 66.9 Å². The number of benzene rings is 2. The number of aromatic nitrogens is 1. The largest absolute Gasteiger partial charge is 0.497 e. The maximum Gasteiger partial charge on any atom is 0.253 e. The molecule has 0 unspecified atom stereocenters. The normalized spacial score (nSPS) is 12.8. The van der Waals surface area contributed by atoms with E-state index in [1.54, 1.807) is 43.6 Å². The van der Waals surface area contributed by atoms with Gasteiger partial charge >= 0.3 is 0 Å². The summed E-state index contributed by atoms with van der Waals surface area (Å²) < 4.78 is 19.1. The van der Waals surface area contributed by atoms with Gasteiger partial charge in [-0.3, -0.25) is 9.78 Å². The number of amides is 1. The summed E-state index contributed by atoms with van der Waals surface area (Å²) in [6.07, 6.45) is 0.833. The molecule has 0 radical (unpaired) electrons. The fraction of sp³-hybridized carbons (Fsp3) is 0.250. The maximum atomic E-state index is 13.9. The monoisotopic (exact) mass is 423 g/mol. The van der Waals surface area contributed by atoms with Gasteiger partial charge < -0.3 is 20.9 Å². The Morgan fingerprint density at radius 1 is 1.16 bits per heavy atom. The lowest BCUT2D eigenvalue weighted by molar-refractivity contribution is 0.0947. The van der Waals surface area contributed by atoms with Crippen molar-refractivity contribution in [3.8, 4) is 5.75 Å². The number of carbonyl (C=O) groups excluding carboxylic acids is 1. The molecule has 0 bridgehead atoms. The average molecular weight is 423 g/mol. The minimum Gasteiger partial charge on any atom is -0.497 e. The van der Waals surface area contributed by atoms with E-state index in [-0.39, 0.29) is 24.6 Å². The zero-order valence-electron chi connectivity index (χ0n) is 17.3. The first kappa shape index (κ1) is 22.4. The van der Waals surface area contributed by atoms with Gasteiger partial charge in [0.25, 0.3) is 5.91 Å². The van der Waals surface area contributed by atoms with Gasteiger partial charge in [0.05, 0.1) is 24.5 Å². The lowest BCUT2D eigenvalue weighted by Gasteiger charge is -2.20. The topological polar surface area (TPSA) is 97.5 Å². The van der Waals surface area contributed by atoms with Crippen molar-refractivity contribution >= 4 is 5.91 Å². The molecule has 162 valence electrons. The minimum atomic E-state index is -0.987. The summed E-state index contributed by atoms with van der Waals surface area (Å²) >= 11 is 0. The van der Waals surface area contributed by atoms with Crippen LogP contribution in [0, 0.1) is 5.82 Å². The van der Waals surface area contributed by atoms with Crippen LogP contribution in [0.3, 0.4) is 0 Å². The summed E-state index contributed by atoms with van der Waals surface area (Å²) in [7, 11) is 1.59. The summed E-state index contributed by atoms with van der Waals surface area (Å²) in [5, 5.41) is 13.4. The van der Waals surface area contributed by atoms with Crippen molar-refractivity contribution in [1.29, 1.82) is 0 Å². The third-order valence-corrected chi connectivity index (χ3v) is 5.03. The van der Waals surface area contributed by atoms with Crippen LogP contribution in [-0.2, 0) is 19.4 Å². The van der Waals surface area contributed by atoms with Gasteiger partial charge in [0.1, 0.15) is 11.6 Å². The second-order valence-corrected chi connectivity index (χ2v) is 7.26. The number of nitrogens with one attached hydrogen (secondary N) is 1. The Bertz CT molecular complexity index is 1030. The molecule has 3 aromatic rings. The Labute approximate surface area is 180 Å². The Balaban J connectivity index is 1.64. The molecule has 2 aromatic carbocycles. The highest BCUT2D eigenvalue weighted by Crippen LogP contribution is 2.15. The van der Waals surface area contributed by atoms with Gasteiger partial charge in [0, 0.05) is 25.2 Å². The minimum absolute atomic E-state index is 0.0817. The molecule has 0 spiro atoms. The van der Waals surface area contributed by atoms with Crippen molar-refractivity contribution < 1.29 is 19.0 Å². The summed E-state index contributed by atoms with van der Waals surface area (Å²) in [5.41, 5.74) is 8.22. The van der Waals surface area contributed by atoms with Crippen molar-refractivity contribution in [3.05, 3.63) is 95.1 Å². The van der Waals surface area contributed by atoms with Gasteiger partial charge in [-0.2, -0.15) is 0 Å². The van der Waals surface area contributed by atoms with Crippen LogP contribution in [0.2, 0.25) is 0 Å². The number of pyridine rings is 1. The van der Waals surface area contributed by atoms with Crippen LogP contribution in [0.4, 0.5) is 4.39 Å². The number of nitrogens with zero attached hydrogens (tertiary/aromatic N) is 1. The lowest BCUT2D eigenvalue weighted by atomic mass is 9.97. The molecule has 6 nitrogen and oxygen atoms in total. The second kappa shape index (κ2) is 10.7. The summed E-state index contributed by atoms with van der Waals surface area (Å²) in [4.78, 5) is 17.0. The van der Waals surface area contributed by atoms with Gasteiger partial charge in [0.15, 0.2) is 0 Å². The fourth-order valence-corrected chi connectivity index (χ4v) is 3.27. The van der Waals surface area contributed by atoms with Crippen LogP contribution in [0.1, 0.15) is 27.2 Å². The van der Waals surface area contributed by atoms with Crippen LogP contribution in [0.5, 0.6) is 5.75 Å². The number of nitrogens with two attached hydrogens (primary N) is 1. The van der Waals surface area contributed by atoms with Crippen molar-refractivity contribution in [2.75, 3.05) is 7.11 Å². The third-order valence-electron chi connectivity index (χ3n) is 5.03. The number of hydrogen-bond donors (Lipinski definition) is 3. The molecule has 2 atom stereocenters. The van der Waals surface area contributed by atoms with E-state index >= 15 is 0 Å². The number of halogens is 1. The molecule has 0 saturated heterocycles. The quantitative estimate of drug-likeness (QED) is 0.492. The molecule has 1 heterocycles. The van der Waals surface area contributed by atoms with E-state index < -0.39 is 12.1 Å². The Morgan fingerprint density at radius 2 is 1.97 bits per heavy atom. The smallest absolute Gasteiger partial charge is 0.253 e. The molecule has 31 heavy (non-hydrogen) atoms. The first-order valence-corrected chi connectivity index (χ1v) is 10.00. The van der Waals surface area contributed by atoms with E-state index in [9.17, 15) is 14.3 Å². The van der Waals surface area contributed by atoms with E-state index in [1.807, 2.05) is 24.3 Å². The zero-order valence-corrected chi connectivity index (χ0v) is 17.3. The number of methoxy groups -OCH3 is 1. The zero-order chi connectivity index (χ0) is 22.2. The Kier molecular flexibility index (Phi) is 7.70. The Hall–Kier alpha value is -3.29. The van der Waals surface area contributed by atoms with E-state index in [1.165, 1.54) is 6.07 Å². The van der Waals surface area contributed by atoms with Crippen molar-refractivity contribution in [2.24, 2.45) is 5.73 Å². The highest BCUT2D eigenvalue weighted by atomic mass is 19.1. The summed E-state index contributed by atoms with van der Waals surface area (Å²) in [5.74, 6) is 0.0437. The van der Waals surface area contributed by atoms with Crippen LogP contribution >= 0.6 is 0 Å². The fourth-order valence-electron chi connectivity index (χ4n) is 3.27. The molecule has 0 aliphatic heterocycles. The number of rotatable bonds is 9. The van der Waals surface area contributed by atoms with Crippen LogP contribution < -0.4 is 15.8 Å². The molecule has 1 aromatic heterocycles. The molecule has 0 fully saturated rings. The number of aliphatic hydroxyl groups excluding tert-OH is 1. The highest BCUT2D eigenvalue weighted by Gasteiger charge is 2.21. The van der Waals surface area contributed by atoms with E-state index in [0.29, 0.717) is 29.1 Å². The second-order valence-electron chi connectivity index (χ2n) is 7.26. The number of aliphatic hydroxyl groups is 1. The number of ether oxygens (including phenoxy) is 1. The first-order chi connectivity index (χ1) is 15.0. The summed E-state index contributed by atoms with van der Waals surface area (Å²) in [6, 6.07) is 16.3. The standard InChI is InChI=1S/C24H26FN3O3/c1-31-18-8-4-6-16(12-18)15-28-24(30)19-9-5-11-27-22(19)14-23(29)21(26)13-17-7-2-3-10-20(17)25/h2-12,21,23,29H,13-15,26H2,1H3,(H,28,30)/t21-,23+/m1/s1. The van der Waals surface area contributed by atoms with E-state index in [4.69, 9.17) is 10.5 Å². The van der Waals surface area contributed by atoms with Gasteiger partial charge in [-0.1, -0.05) is 30.3 Å². The molecule has 0 aliphatic rings. The molecular formula is C24H26FN3O3. The lowest BCUT2D eigenvalue weighted by Crippen LogP contribution is -2.39. The van der Waals surface area contributed by atoms with Gasteiger partial charge in [-0.25, -0.2) is 4.39 Å². The Morgan fingerprint density at radius 3 is 2.74 bits per heavy atom. The molecular weight excluding hydrogens is 397 g/mol. The SMILES string of the molecule is COc1cccc(CNC(=O)c2cccnc2C[C@H](O)[C@H](N)Cc2ccccc2F)c1. The number of hydrogen-bond acceptors (Lipinski definition) is 5. The third kappa shape index (κ3) is 6.10. The first-order valence-electron chi connectivity index (χ1n) is 10.00. The predicted molar refractivity (Wildman–Crippen MR) is 116 cm³/mol. The van der Waals surface area contributed by atoms with Gasteiger partial charge in [0.2, 0.25) is 0 Å². The van der Waals surface area contributed by atoms with Crippen LogP contribution in [0.25, 0.3) is 0 Å². The molecule has 1 amide bonds. The van der Waals surface area contributed by atoms with Gasteiger partial charge in [-0.05, 0) is 47.9 Å². The van der Waals surface area contributed by atoms with E-state index in [2.05, 4.69) is 10.3 Å². The molecule has 3 rings (SSSR count). The van der Waals surface area contributed by atoms with Gasteiger partial charge in [-0.15, -0.1) is 0 Å². The molecule has 4 N–H and O–H groups in total.